The first-order valence-electron chi connectivity index (χ1n) is 5.08. The molecule has 0 aromatic heterocycles. The molecule has 78 valence electrons. The maximum atomic E-state index is 11.8. The maximum Gasteiger partial charge on any atom is 0.320 e. The van der Waals surface area contributed by atoms with Gasteiger partial charge in [0.25, 0.3) is 0 Å². The maximum absolute atomic E-state index is 11.8. The molecule has 2 aliphatic rings. The second-order valence-electron chi connectivity index (χ2n) is 3.75. The van der Waals surface area contributed by atoms with Crippen molar-refractivity contribution in [1.29, 1.82) is 0 Å². The van der Waals surface area contributed by atoms with Gasteiger partial charge in [0.2, 0.25) is 5.91 Å². The largest absolute Gasteiger partial charge is 0.353 e. The Balaban J connectivity index is 1.92. The molecule has 0 aromatic rings. The average molecular weight is 197 g/mol. The molecule has 5 nitrogen and oxygen atoms in total. The van der Waals surface area contributed by atoms with E-state index < -0.39 is 0 Å². The minimum atomic E-state index is -0.0520. The van der Waals surface area contributed by atoms with E-state index >= 15 is 0 Å². The molecule has 2 aliphatic heterocycles. The van der Waals surface area contributed by atoms with Crippen LogP contribution in [-0.4, -0.2) is 54.5 Å². The lowest BCUT2D eigenvalue weighted by atomic mass is 10.3. The first-order valence-corrected chi connectivity index (χ1v) is 5.08. The Hall–Kier alpha value is -1.26. The summed E-state index contributed by atoms with van der Waals surface area (Å²) in [6, 6.07) is 0.0253. The Morgan fingerprint density at radius 3 is 2.50 bits per heavy atom. The van der Waals surface area contributed by atoms with Crippen LogP contribution in [0.15, 0.2) is 0 Å². The summed E-state index contributed by atoms with van der Waals surface area (Å²) in [5.74, 6) is -0.0520. The Bertz CT molecular complexity index is 248. The summed E-state index contributed by atoms with van der Waals surface area (Å²) in [4.78, 5) is 26.3. The molecular formula is C9H15N3O2. The molecule has 0 aromatic carbocycles. The van der Waals surface area contributed by atoms with Gasteiger partial charge in [0.05, 0.1) is 0 Å². The summed E-state index contributed by atoms with van der Waals surface area (Å²) in [6.07, 6.45) is 2.18. The standard InChI is InChI=1S/C9H15N3O2/c13-8-7-12(6-3-10-8)9(14)11-4-1-2-5-11/h1-7H2,(H,10,13). The molecule has 0 aliphatic carbocycles. The van der Waals surface area contributed by atoms with Crippen molar-refractivity contribution in [2.75, 3.05) is 32.7 Å². The van der Waals surface area contributed by atoms with E-state index in [0.29, 0.717) is 13.1 Å². The summed E-state index contributed by atoms with van der Waals surface area (Å²) in [5, 5.41) is 2.71. The number of urea groups is 1. The molecular weight excluding hydrogens is 182 g/mol. The van der Waals surface area contributed by atoms with Crippen molar-refractivity contribution in [3.8, 4) is 0 Å². The third-order valence-corrected chi connectivity index (χ3v) is 2.69. The van der Waals surface area contributed by atoms with Crippen molar-refractivity contribution in [1.82, 2.24) is 15.1 Å². The molecule has 0 saturated carbocycles. The SMILES string of the molecule is O=C1CN(C(=O)N2CCCC2)CCN1. The monoisotopic (exact) mass is 197 g/mol. The van der Waals surface area contributed by atoms with Crippen molar-refractivity contribution in [3.05, 3.63) is 0 Å². The number of carbonyl (C=O) groups excluding carboxylic acids is 2. The predicted octanol–water partition coefficient (Wildman–Crippen LogP) is -0.366. The first-order chi connectivity index (χ1) is 6.77. The lowest BCUT2D eigenvalue weighted by molar-refractivity contribution is -0.123. The molecule has 3 amide bonds. The quantitative estimate of drug-likeness (QED) is 0.576. The van der Waals surface area contributed by atoms with Crippen LogP contribution < -0.4 is 5.32 Å². The number of nitrogens with one attached hydrogen (secondary N) is 1. The number of rotatable bonds is 0. The van der Waals surface area contributed by atoms with Crippen LogP contribution in [0.2, 0.25) is 0 Å². The van der Waals surface area contributed by atoms with Gasteiger partial charge in [0.1, 0.15) is 6.54 Å². The van der Waals surface area contributed by atoms with Gasteiger partial charge in [-0.05, 0) is 12.8 Å². The highest BCUT2D eigenvalue weighted by atomic mass is 16.2. The Labute approximate surface area is 83.0 Å². The van der Waals surface area contributed by atoms with E-state index in [4.69, 9.17) is 0 Å². The first kappa shape index (κ1) is 9.30. The van der Waals surface area contributed by atoms with Crippen molar-refractivity contribution in [2.45, 2.75) is 12.8 Å². The minimum absolute atomic E-state index is 0.0253. The molecule has 5 heteroatoms. The zero-order valence-electron chi connectivity index (χ0n) is 8.16. The second-order valence-corrected chi connectivity index (χ2v) is 3.75. The van der Waals surface area contributed by atoms with Gasteiger partial charge in [-0.25, -0.2) is 4.79 Å². The van der Waals surface area contributed by atoms with Crippen molar-refractivity contribution in [3.63, 3.8) is 0 Å². The highest BCUT2D eigenvalue weighted by Crippen LogP contribution is 2.10. The molecule has 2 saturated heterocycles. The van der Waals surface area contributed by atoms with Gasteiger partial charge in [0, 0.05) is 26.2 Å². The Kier molecular flexibility index (Phi) is 2.56. The number of hydrogen-bond acceptors (Lipinski definition) is 2. The summed E-state index contributed by atoms with van der Waals surface area (Å²) in [7, 11) is 0. The van der Waals surface area contributed by atoms with Crippen LogP contribution in [0, 0.1) is 0 Å². The van der Waals surface area contributed by atoms with Crippen LogP contribution in [0.4, 0.5) is 4.79 Å². The highest BCUT2D eigenvalue weighted by Gasteiger charge is 2.26. The number of amides is 3. The average Bonchev–Trinajstić information content (AvgIpc) is 2.69. The fourth-order valence-electron chi connectivity index (χ4n) is 1.91. The fourth-order valence-corrected chi connectivity index (χ4v) is 1.91. The summed E-state index contributed by atoms with van der Waals surface area (Å²) < 4.78 is 0. The van der Waals surface area contributed by atoms with E-state index in [1.54, 1.807) is 4.90 Å². The van der Waals surface area contributed by atoms with Gasteiger partial charge in [-0.1, -0.05) is 0 Å². The number of carbonyl (C=O) groups is 2. The van der Waals surface area contributed by atoms with Crippen molar-refractivity contribution < 1.29 is 9.59 Å². The van der Waals surface area contributed by atoms with E-state index in [1.165, 1.54) is 0 Å². The van der Waals surface area contributed by atoms with Crippen LogP contribution in [0.3, 0.4) is 0 Å². The zero-order chi connectivity index (χ0) is 9.97. The third kappa shape index (κ3) is 1.81. The lowest BCUT2D eigenvalue weighted by Crippen LogP contribution is -2.53. The van der Waals surface area contributed by atoms with E-state index in [9.17, 15) is 9.59 Å². The molecule has 1 N–H and O–H groups in total. The number of nitrogens with zero attached hydrogens (tertiary/aromatic N) is 2. The topological polar surface area (TPSA) is 52.7 Å². The molecule has 14 heavy (non-hydrogen) atoms. The number of likely N-dealkylation sites (tertiary alicyclic amines) is 1. The third-order valence-electron chi connectivity index (χ3n) is 2.69. The molecule has 2 rings (SSSR count). The van der Waals surface area contributed by atoms with E-state index in [-0.39, 0.29) is 18.5 Å². The van der Waals surface area contributed by atoms with Gasteiger partial charge >= 0.3 is 6.03 Å². The van der Waals surface area contributed by atoms with E-state index in [1.807, 2.05) is 4.90 Å². The van der Waals surface area contributed by atoms with Gasteiger partial charge in [-0.3, -0.25) is 4.79 Å². The lowest BCUT2D eigenvalue weighted by Gasteiger charge is -2.30. The molecule has 0 spiro atoms. The number of hydrogen-bond donors (Lipinski definition) is 1. The normalized spacial score (nSPS) is 22.4. The smallest absolute Gasteiger partial charge is 0.320 e. The Morgan fingerprint density at radius 2 is 1.86 bits per heavy atom. The van der Waals surface area contributed by atoms with Crippen LogP contribution in [0.25, 0.3) is 0 Å². The van der Waals surface area contributed by atoms with Crippen molar-refractivity contribution in [2.24, 2.45) is 0 Å². The molecule has 2 fully saturated rings. The summed E-state index contributed by atoms with van der Waals surface area (Å²) >= 11 is 0. The molecule has 0 radical (unpaired) electrons. The Morgan fingerprint density at radius 1 is 1.14 bits per heavy atom. The molecule has 0 unspecified atom stereocenters. The van der Waals surface area contributed by atoms with Gasteiger partial charge in [-0.2, -0.15) is 0 Å². The fraction of sp³-hybridized carbons (Fsp3) is 0.778. The van der Waals surface area contributed by atoms with Crippen LogP contribution in [-0.2, 0) is 4.79 Å². The zero-order valence-corrected chi connectivity index (χ0v) is 8.16. The van der Waals surface area contributed by atoms with Crippen LogP contribution >= 0.6 is 0 Å². The summed E-state index contributed by atoms with van der Waals surface area (Å²) in [6.45, 7) is 3.13. The van der Waals surface area contributed by atoms with E-state index in [0.717, 1.165) is 25.9 Å². The summed E-state index contributed by atoms with van der Waals surface area (Å²) in [5.41, 5.74) is 0. The molecule has 0 bridgehead atoms. The van der Waals surface area contributed by atoms with Gasteiger partial charge in [-0.15, -0.1) is 0 Å². The van der Waals surface area contributed by atoms with Gasteiger partial charge in [0.15, 0.2) is 0 Å². The molecule has 0 atom stereocenters. The molecule has 2 heterocycles. The second kappa shape index (κ2) is 3.86. The minimum Gasteiger partial charge on any atom is -0.353 e. The van der Waals surface area contributed by atoms with Crippen LogP contribution in [0.5, 0.6) is 0 Å². The van der Waals surface area contributed by atoms with Crippen molar-refractivity contribution >= 4 is 11.9 Å². The number of piperazine rings is 1. The van der Waals surface area contributed by atoms with Gasteiger partial charge < -0.3 is 15.1 Å². The highest BCUT2D eigenvalue weighted by molar-refractivity contribution is 5.85. The predicted molar refractivity (Wildman–Crippen MR) is 50.8 cm³/mol. The van der Waals surface area contributed by atoms with Crippen LogP contribution in [0.1, 0.15) is 12.8 Å². The van der Waals surface area contributed by atoms with E-state index in [2.05, 4.69) is 5.32 Å².